The molecule has 1 aromatic carbocycles. The van der Waals surface area contributed by atoms with E-state index in [0.717, 1.165) is 12.8 Å². The lowest BCUT2D eigenvalue weighted by Crippen LogP contribution is -2.41. The van der Waals surface area contributed by atoms with E-state index in [0.29, 0.717) is 23.4 Å². The van der Waals surface area contributed by atoms with Gasteiger partial charge in [0.15, 0.2) is 0 Å². The lowest BCUT2D eigenvalue weighted by atomic mass is 10.1. The maximum absolute atomic E-state index is 12.1. The summed E-state index contributed by atoms with van der Waals surface area (Å²) in [5.41, 5.74) is 1.37. The summed E-state index contributed by atoms with van der Waals surface area (Å²) in [7, 11) is 0. The molecule has 0 spiro atoms. The van der Waals surface area contributed by atoms with Gasteiger partial charge in [-0.25, -0.2) is 0 Å². The van der Waals surface area contributed by atoms with Gasteiger partial charge in [-0.15, -0.1) is 0 Å². The van der Waals surface area contributed by atoms with Crippen molar-refractivity contribution >= 4 is 39.3 Å². The molecule has 1 aromatic rings. The predicted molar refractivity (Wildman–Crippen MR) is 72.5 cm³/mol. The summed E-state index contributed by atoms with van der Waals surface area (Å²) in [5, 5.41) is 2.24. The lowest BCUT2D eigenvalue weighted by Gasteiger charge is -2.30. The standard InChI is InChI=1S/C13H11BrN2O3/c14-10-2-1-5-16(13(10)19)7-3-4-8-9(6-7)12(18)15-11(8)17/h3-4,6,10H,1-2,5H2,(H,15,17,18). The molecule has 2 aliphatic heterocycles. The predicted octanol–water partition coefficient (Wildman–Crippen LogP) is 1.46. The summed E-state index contributed by atoms with van der Waals surface area (Å²) in [5.74, 6) is -0.785. The first-order chi connectivity index (χ1) is 9.08. The molecule has 5 nitrogen and oxygen atoms in total. The highest BCUT2D eigenvalue weighted by Crippen LogP contribution is 2.27. The summed E-state index contributed by atoms with van der Waals surface area (Å²) in [6, 6.07) is 4.91. The number of nitrogens with one attached hydrogen (secondary N) is 1. The molecule has 98 valence electrons. The molecule has 2 heterocycles. The van der Waals surface area contributed by atoms with Crippen molar-refractivity contribution in [2.75, 3.05) is 11.4 Å². The van der Waals surface area contributed by atoms with Crippen molar-refractivity contribution in [3.05, 3.63) is 29.3 Å². The number of alkyl halides is 1. The number of rotatable bonds is 1. The quantitative estimate of drug-likeness (QED) is 0.628. The summed E-state index contributed by atoms with van der Waals surface area (Å²) in [6.07, 6.45) is 1.73. The van der Waals surface area contributed by atoms with Gasteiger partial charge in [0.25, 0.3) is 11.8 Å². The number of amides is 3. The number of carbonyl (C=O) groups is 3. The van der Waals surface area contributed by atoms with Crippen molar-refractivity contribution in [1.82, 2.24) is 5.32 Å². The van der Waals surface area contributed by atoms with Gasteiger partial charge in [0.05, 0.1) is 16.0 Å². The second-order valence-corrected chi connectivity index (χ2v) is 5.72. The Hall–Kier alpha value is -1.69. The molecule has 1 N–H and O–H groups in total. The zero-order valence-electron chi connectivity index (χ0n) is 9.98. The molecule has 0 aromatic heterocycles. The minimum absolute atomic E-state index is 0.00377. The molecule has 0 radical (unpaired) electrons. The van der Waals surface area contributed by atoms with Crippen LogP contribution in [0, 0.1) is 0 Å². The minimum Gasteiger partial charge on any atom is -0.311 e. The molecule has 0 aliphatic carbocycles. The fourth-order valence-electron chi connectivity index (χ4n) is 2.41. The van der Waals surface area contributed by atoms with Crippen molar-refractivity contribution in [2.24, 2.45) is 0 Å². The Morgan fingerprint density at radius 1 is 1.16 bits per heavy atom. The Balaban J connectivity index is 1.99. The summed E-state index contributed by atoms with van der Waals surface area (Å²) in [4.78, 5) is 36.6. The molecule has 2 aliphatic rings. The maximum Gasteiger partial charge on any atom is 0.259 e. The van der Waals surface area contributed by atoms with Crippen molar-refractivity contribution in [2.45, 2.75) is 17.7 Å². The SMILES string of the molecule is O=C1NC(=O)c2cc(N3CCCC(Br)C3=O)ccc21. The average molecular weight is 323 g/mol. The van der Waals surface area contributed by atoms with Crippen LogP contribution >= 0.6 is 15.9 Å². The molecule has 3 amide bonds. The van der Waals surface area contributed by atoms with E-state index in [-0.39, 0.29) is 16.6 Å². The molecule has 6 heteroatoms. The normalized spacial score (nSPS) is 22.5. The van der Waals surface area contributed by atoms with Gasteiger partial charge in [0, 0.05) is 12.2 Å². The van der Waals surface area contributed by atoms with Crippen LogP contribution in [-0.4, -0.2) is 29.1 Å². The van der Waals surface area contributed by atoms with Crippen LogP contribution in [-0.2, 0) is 4.79 Å². The lowest BCUT2D eigenvalue weighted by molar-refractivity contribution is -0.118. The van der Waals surface area contributed by atoms with Crippen LogP contribution in [0.15, 0.2) is 18.2 Å². The third-order valence-corrected chi connectivity index (χ3v) is 4.25. The number of hydrogen-bond donors (Lipinski definition) is 1. The number of piperidine rings is 1. The van der Waals surface area contributed by atoms with E-state index in [1.54, 1.807) is 23.1 Å². The molecule has 3 rings (SSSR count). The van der Waals surface area contributed by atoms with Crippen molar-refractivity contribution < 1.29 is 14.4 Å². The Bertz CT molecular complexity index is 600. The molecule has 19 heavy (non-hydrogen) atoms. The number of nitrogens with zero attached hydrogens (tertiary/aromatic N) is 1. The number of halogens is 1. The van der Waals surface area contributed by atoms with Crippen molar-refractivity contribution in [3.63, 3.8) is 0 Å². The van der Waals surface area contributed by atoms with E-state index in [1.165, 1.54) is 0 Å². The highest BCUT2D eigenvalue weighted by molar-refractivity contribution is 9.10. The third kappa shape index (κ3) is 1.96. The van der Waals surface area contributed by atoms with Crippen LogP contribution in [0.1, 0.15) is 33.6 Å². The summed E-state index contributed by atoms with van der Waals surface area (Å²) in [6.45, 7) is 0.634. The van der Waals surface area contributed by atoms with Crippen LogP contribution in [0.4, 0.5) is 5.69 Å². The number of benzene rings is 1. The molecular formula is C13H11BrN2O3. The average Bonchev–Trinajstić information content (AvgIpc) is 2.68. The molecular weight excluding hydrogens is 312 g/mol. The van der Waals surface area contributed by atoms with Gasteiger partial charge in [-0.05, 0) is 31.0 Å². The first kappa shape index (κ1) is 12.3. The fraction of sp³-hybridized carbons (Fsp3) is 0.308. The van der Waals surface area contributed by atoms with Gasteiger partial charge in [-0.1, -0.05) is 15.9 Å². The molecule has 1 saturated heterocycles. The number of imide groups is 1. The van der Waals surface area contributed by atoms with E-state index in [1.807, 2.05) is 0 Å². The second kappa shape index (κ2) is 4.45. The zero-order chi connectivity index (χ0) is 13.6. The highest BCUT2D eigenvalue weighted by atomic mass is 79.9. The highest BCUT2D eigenvalue weighted by Gasteiger charge is 2.31. The van der Waals surface area contributed by atoms with Gasteiger partial charge >= 0.3 is 0 Å². The summed E-state index contributed by atoms with van der Waals surface area (Å²) < 4.78 is 0. The van der Waals surface area contributed by atoms with Gasteiger partial charge < -0.3 is 4.90 Å². The summed E-state index contributed by atoms with van der Waals surface area (Å²) >= 11 is 3.35. The second-order valence-electron chi connectivity index (χ2n) is 4.61. The Kier molecular flexibility index (Phi) is 2.89. The van der Waals surface area contributed by atoms with Gasteiger partial charge in [0.2, 0.25) is 5.91 Å². The Labute approximate surface area is 118 Å². The number of hydrogen-bond acceptors (Lipinski definition) is 3. The van der Waals surface area contributed by atoms with Crippen molar-refractivity contribution in [1.29, 1.82) is 0 Å². The third-order valence-electron chi connectivity index (χ3n) is 3.40. The number of carbonyl (C=O) groups excluding carboxylic acids is 3. The molecule has 1 unspecified atom stereocenters. The number of fused-ring (bicyclic) bond motifs is 1. The van der Waals surface area contributed by atoms with E-state index in [4.69, 9.17) is 0 Å². The van der Waals surface area contributed by atoms with Crippen LogP contribution in [0.5, 0.6) is 0 Å². The van der Waals surface area contributed by atoms with Gasteiger partial charge in [-0.3, -0.25) is 19.7 Å². The largest absolute Gasteiger partial charge is 0.311 e. The molecule has 0 saturated carbocycles. The molecule has 1 atom stereocenters. The van der Waals surface area contributed by atoms with E-state index >= 15 is 0 Å². The van der Waals surface area contributed by atoms with Crippen LogP contribution in [0.3, 0.4) is 0 Å². The maximum atomic E-state index is 12.1. The Morgan fingerprint density at radius 3 is 2.68 bits per heavy atom. The van der Waals surface area contributed by atoms with E-state index in [9.17, 15) is 14.4 Å². The smallest absolute Gasteiger partial charge is 0.259 e. The Morgan fingerprint density at radius 2 is 1.89 bits per heavy atom. The van der Waals surface area contributed by atoms with Crippen LogP contribution in [0.25, 0.3) is 0 Å². The molecule has 0 bridgehead atoms. The monoisotopic (exact) mass is 322 g/mol. The first-order valence-electron chi connectivity index (χ1n) is 6.03. The minimum atomic E-state index is -0.401. The molecule has 1 fully saturated rings. The van der Waals surface area contributed by atoms with Gasteiger partial charge in [-0.2, -0.15) is 0 Å². The fourth-order valence-corrected chi connectivity index (χ4v) is 2.98. The topological polar surface area (TPSA) is 66.5 Å². The van der Waals surface area contributed by atoms with E-state index < -0.39 is 5.91 Å². The van der Waals surface area contributed by atoms with E-state index in [2.05, 4.69) is 21.2 Å². The number of anilines is 1. The van der Waals surface area contributed by atoms with Crippen molar-refractivity contribution in [3.8, 4) is 0 Å². The van der Waals surface area contributed by atoms with Gasteiger partial charge in [0.1, 0.15) is 0 Å². The zero-order valence-corrected chi connectivity index (χ0v) is 11.6. The first-order valence-corrected chi connectivity index (χ1v) is 6.94. The van der Waals surface area contributed by atoms with Crippen LogP contribution < -0.4 is 10.2 Å². The van der Waals surface area contributed by atoms with Crippen LogP contribution in [0.2, 0.25) is 0 Å².